The number of primary amides is 1. The summed E-state index contributed by atoms with van der Waals surface area (Å²) in [4.78, 5) is 16.3. The number of benzene rings is 2. The molecule has 1 heterocycles. The summed E-state index contributed by atoms with van der Waals surface area (Å²) in [5.74, 6) is -0.391. The van der Waals surface area contributed by atoms with Gasteiger partial charge in [-0.15, -0.1) is 0 Å². The largest absolute Gasteiger partial charge is 0.387 e. The van der Waals surface area contributed by atoms with E-state index in [1.807, 2.05) is 30.3 Å². The van der Waals surface area contributed by atoms with Gasteiger partial charge in [0.05, 0.1) is 17.7 Å². The summed E-state index contributed by atoms with van der Waals surface area (Å²) < 4.78 is 0. The molecule has 6 heteroatoms. The second kappa shape index (κ2) is 8.78. The Morgan fingerprint density at radius 1 is 1.04 bits per heavy atom. The summed E-state index contributed by atoms with van der Waals surface area (Å²) in [6.45, 7) is 3.45. The van der Waals surface area contributed by atoms with Crippen molar-refractivity contribution in [2.24, 2.45) is 5.73 Å². The minimum Gasteiger partial charge on any atom is -0.387 e. The molecule has 1 aliphatic heterocycles. The van der Waals surface area contributed by atoms with Crippen molar-refractivity contribution in [2.45, 2.75) is 12.1 Å². The van der Waals surface area contributed by atoms with Crippen molar-refractivity contribution in [3.05, 3.63) is 71.3 Å². The number of nitrogens with zero attached hydrogens (tertiary/aromatic N) is 3. The molecule has 2 aromatic carbocycles. The monoisotopic (exact) mass is 364 g/mol. The highest BCUT2D eigenvalue weighted by Crippen LogP contribution is 2.23. The average Bonchev–Trinajstić information content (AvgIpc) is 2.70. The van der Waals surface area contributed by atoms with Gasteiger partial charge >= 0.3 is 0 Å². The van der Waals surface area contributed by atoms with Gasteiger partial charge in [-0.1, -0.05) is 42.5 Å². The molecule has 1 aliphatic rings. The SMILES string of the molecule is N#Cc1ccc(C(C(N)=O)N2CCN(CC(O)c3ccccc3)CC2)cc1. The van der Waals surface area contributed by atoms with Crippen LogP contribution in [0.3, 0.4) is 0 Å². The number of hydrogen-bond acceptors (Lipinski definition) is 5. The summed E-state index contributed by atoms with van der Waals surface area (Å²) in [6, 6.07) is 18.2. The molecule has 140 valence electrons. The zero-order valence-electron chi connectivity index (χ0n) is 15.2. The average molecular weight is 364 g/mol. The number of hydrogen-bond donors (Lipinski definition) is 2. The highest BCUT2D eigenvalue weighted by atomic mass is 16.3. The predicted octanol–water partition coefficient (Wildman–Crippen LogP) is 1.44. The van der Waals surface area contributed by atoms with Gasteiger partial charge in [-0.2, -0.15) is 5.26 Å². The molecule has 1 saturated heterocycles. The maximum absolute atomic E-state index is 12.1. The molecule has 0 bridgehead atoms. The molecule has 2 unspecified atom stereocenters. The quantitative estimate of drug-likeness (QED) is 0.809. The van der Waals surface area contributed by atoms with Gasteiger partial charge in [0.2, 0.25) is 5.91 Å². The lowest BCUT2D eigenvalue weighted by atomic mass is 10.0. The van der Waals surface area contributed by atoms with Crippen LogP contribution in [-0.2, 0) is 4.79 Å². The van der Waals surface area contributed by atoms with Crippen LogP contribution in [0.15, 0.2) is 54.6 Å². The summed E-state index contributed by atoms with van der Waals surface area (Å²) in [5, 5.41) is 19.3. The fourth-order valence-corrected chi connectivity index (χ4v) is 3.52. The molecule has 6 nitrogen and oxygen atoms in total. The second-order valence-corrected chi connectivity index (χ2v) is 6.80. The Bertz CT molecular complexity index is 793. The van der Waals surface area contributed by atoms with Crippen molar-refractivity contribution < 1.29 is 9.90 Å². The van der Waals surface area contributed by atoms with Gasteiger partial charge in [-0.3, -0.25) is 14.6 Å². The van der Waals surface area contributed by atoms with Crippen LogP contribution in [0.5, 0.6) is 0 Å². The Kier molecular flexibility index (Phi) is 6.20. The zero-order chi connectivity index (χ0) is 19.2. The van der Waals surface area contributed by atoms with E-state index in [9.17, 15) is 9.90 Å². The van der Waals surface area contributed by atoms with Crippen LogP contribution < -0.4 is 5.73 Å². The first-order valence-electron chi connectivity index (χ1n) is 9.07. The topological polar surface area (TPSA) is 93.6 Å². The Hall–Kier alpha value is -2.72. The van der Waals surface area contributed by atoms with E-state index >= 15 is 0 Å². The molecule has 0 radical (unpaired) electrons. The van der Waals surface area contributed by atoms with E-state index in [0.29, 0.717) is 25.2 Å². The summed E-state index contributed by atoms with van der Waals surface area (Å²) in [6.07, 6.45) is -0.525. The number of carbonyl (C=O) groups excluding carboxylic acids is 1. The van der Waals surface area contributed by atoms with E-state index in [4.69, 9.17) is 11.0 Å². The molecule has 0 spiro atoms. The van der Waals surface area contributed by atoms with Gasteiger partial charge in [0.15, 0.2) is 0 Å². The smallest absolute Gasteiger partial charge is 0.239 e. The molecule has 2 atom stereocenters. The second-order valence-electron chi connectivity index (χ2n) is 6.80. The number of carbonyl (C=O) groups is 1. The van der Waals surface area contributed by atoms with E-state index in [0.717, 1.165) is 24.2 Å². The Labute approximate surface area is 159 Å². The fraction of sp³-hybridized carbons (Fsp3) is 0.333. The highest BCUT2D eigenvalue weighted by Gasteiger charge is 2.29. The minimum atomic E-state index is -0.525. The number of amides is 1. The Morgan fingerprint density at radius 2 is 1.67 bits per heavy atom. The van der Waals surface area contributed by atoms with Gasteiger partial charge in [0, 0.05) is 32.7 Å². The van der Waals surface area contributed by atoms with Crippen LogP contribution in [0.2, 0.25) is 0 Å². The van der Waals surface area contributed by atoms with Crippen molar-refractivity contribution in [1.29, 1.82) is 5.26 Å². The number of aliphatic hydroxyl groups is 1. The van der Waals surface area contributed by atoms with Crippen LogP contribution in [-0.4, -0.2) is 53.5 Å². The Morgan fingerprint density at radius 3 is 2.22 bits per heavy atom. The third-order valence-electron chi connectivity index (χ3n) is 5.01. The number of piperazine rings is 1. The van der Waals surface area contributed by atoms with Crippen molar-refractivity contribution >= 4 is 5.91 Å². The van der Waals surface area contributed by atoms with Crippen LogP contribution in [0.25, 0.3) is 0 Å². The summed E-state index contributed by atoms with van der Waals surface area (Å²) >= 11 is 0. The molecule has 0 aromatic heterocycles. The molecular formula is C21H24N4O2. The molecule has 27 heavy (non-hydrogen) atoms. The van der Waals surface area contributed by atoms with Gasteiger partial charge in [-0.25, -0.2) is 0 Å². The third-order valence-corrected chi connectivity index (χ3v) is 5.01. The van der Waals surface area contributed by atoms with E-state index in [-0.39, 0.29) is 0 Å². The van der Waals surface area contributed by atoms with E-state index < -0.39 is 18.1 Å². The maximum atomic E-state index is 12.1. The predicted molar refractivity (Wildman–Crippen MR) is 103 cm³/mol. The number of aliphatic hydroxyl groups excluding tert-OH is 1. The van der Waals surface area contributed by atoms with Crippen LogP contribution in [0.4, 0.5) is 0 Å². The number of β-amino-alcohol motifs (C(OH)–C–C–N with tert-alkyl or cyclic N) is 1. The lowest BCUT2D eigenvalue weighted by Crippen LogP contribution is -2.51. The first-order valence-corrected chi connectivity index (χ1v) is 9.07. The van der Waals surface area contributed by atoms with Gasteiger partial charge < -0.3 is 10.8 Å². The molecular weight excluding hydrogens is 340 g/mol. The lowest BCUT2D eigenvalue weighted by molar-refractivity contribution is -0.124. The number of nitriles is 1. The first kappa shape index (κ1) is 19.1. The van der Waals surface area contributed by atoms with Gasteiger partial charge in [-0.05, 0) is 23.3 Å². The minimum absolute atomic E-state index is 0.391. The third kappa shape index (κ3) is 4.72. The van der Waals surface area contributed by atoms with Crippen molar-refractivity contribution in [3.8, 4) is 6.07 Å². The molecule has 0 saturated carbocycles. The van der Waals surface area contributed by atoms with Crippen LogP contribution in [0, 0.1) is 11.3 Å². The van der Waals surface area contributed by atoms with Crippen molar-refractivity contribution in [2.75, 3.05) is 32.7 Å². The van der Waals surface area contributed by atoms with E-state index in [2.05, 4.69) is 15.9 Å². The normalized spacial score (nSPS) is 17.8. The van der Waals surface area contributed by atoms with E-state index in [1.54, 1.807) is 24.3 Å². The van der Waals surface area contributed by atoms with Crippen LogP contribution >= 0.6 is 0 Å². The highest BCUT2D eigenvalue weighted by molar-refractivity contribution is 5.81. The van der Waals surface area contributed by atoms with E-state index in [1.165, 1.54) is 0 Å². The molecule has 1 amide bonds. The number of rotatable bonds is 6. The van der Waals surface area contributed by atoms with Gasteiger partial charge in [0.25, 0.3) is 0 Å². The standard InChI is InChI=1S/C21H24N4O2/c22-14-16-6-8-18(9-7-16)20(21(23)27)25-12-10-24(11-13-25)15-19(26)17-4-2-1-3-5-17/h1-9,19-20,26H,10-13,15H2,(H2,23,27). The lowest BCUT2D eigenvalue weighted by Gasteiger charge is -2.38. The molecule has 3 rings (SSSR count). The van der Waals surface area contributed by atoms with Crippen LogP contribution in [0.1, 0.15) is 28.8 Å². The maximum Gasteiger partial charge on any atom is 0.239 e. The molecule has 1 fully saturated rings. The van der Waals surface area contributed by atoms with Crippen molar-refractivity contribution in [3.63, 3.8) is 0 Å². The molecule has 2 aromatic rings. The zero-order valence-corrected chi connectivity index (χ0v) is 15.2. The number of nitrogens with two attached hydrogens (primary N) is 1. The molecule has 0 aliphatic carbocycles. The first-order chi connectivity index (χ1) is 13.1. The summed E-state index contributed by atoms with van der Waals surface area (Å²) in [7, 11) is 0. The fourth-order valence-electron chi connectivity index (χ4n) is 3.52. The Balaban J connectivity index is 1.60. The van der Waals surface area contributed by atoms with Crippen molar-refractivity contribution in [1.82, 2.24) is 9.80 Å². The summed E-state index contributed by atoms with van der Waals surface area (Å²) in [5.41, 5.74) is 7.93. The molecule has 3 N–H and O–H groups in total. The van der Waals surface area contributed by atoms with Gasteiger partial charge in [0.1, 0.15) is 6.04 Å².